The summed E-state index contributed by atoms with van der Waals surface area (Å²) < 4.78 is 23.5. The van der Waals surface area contributed by atoms with Crippen LogP contribution in [0.15, 0.2) is 23.3 Å². The van der Waals surface area contributed by atoms with Crippen molar-refractivity contribution in [1.82, 2.24) is 5.32 Å². The Morgan fingerprint density at radius 1 is 1.10 bits per heavy atom. The summed E-state index contributed by atoms with van der Waals surface area (Å²) in [6.45, 7) is 28.4. The summed E-state index contributed by atoms with van der Waals surface area (Å²) in [4.78, 5) is 37.9. The molecule has 11 unspecified atom stereocenters. The molecule has 4 rings (SSSR count). The number of ether oxygens (including phenoxy) is 4. The third kappa shape index (κ3) is 4.45. The number of esters is 2. The second-order valence-electron chi connectivity index (χ2n) is 14.8. The van der Waals surface area contributed by atoms with Gasteiger partial charge in [0.15, 0.2) is 5.60 Å². The molecular weight excluding hydrogens is 534 g/mol. The first-order valence-corrected chi connectivity index (χ1v) is 15.6. The Bertz CT molecular complexity index is 1190. The molecule has 236 valence electrons. The van der Waals surface area contributed by atoms with Crippen LogP contribution in [0.3, 0.4) is 0 Å². The van der Waals surface area contributed by atoms with Gasteiger partial charge in [0.2, 0.25) is 0 Å². The number of amides is 1. The van der Waals surface area contributed by atoms with Crippen LogP contribution in [0.25, 0.3) is 0 Å². The lowest BCUT2D eigenvalue weighted by Gasteiger charge is -2.70. The summed E-state index contributed by atoms with van der Waals surface area (Å²) >= 11 is 0. The number of carbonyl (C=O) groups is 3. The number of rotatable bonds is 5. The number of hydrogen-bond acceptors (Lipinski definition) is 7. The Hall–Kier alpha value is -2.35. The average molecular weight is 588 g/mol. The van der Waals surface area contributed by atoms with Crippen LogP contribution in [0.1, 0.15) is 89.0 Å². The molecule has 0 spiro atoms. The molecule has 1 N–H and O–H groups in total. The Morgan fingerprint density at radius 3 is 2.24 bits per heavy atom. The molecule has 8 nitrogen and oxygen atoms in total. The largest absolute Gasteiger partial charge is 0.458 e. The molecule has 2 bridgehead atoms. The van der Waals surface area contributed by atoms with E-state index in [-0.39, 0.29) is 58.0 Å². The normalized spacial score (nSPS) is 42.0. The SMILES string of the molecule is C=C1C(C)C2=C(C)C(OC(=O)C(C)C(C)NC(=O)OC)CC(C)(C(C)C3C4(OC(C)=O)COC4CC(C)C13C)C2(C)C. The maximum absolute atomic E-state index is 13.5. The molecule has 0 aromatic carbocycles. The van der Waals surface area contributed by atoms with Gasteiger partial charge in [-0.3, -0.25) is 9.59 Å². The molecular formula is C34H53NO7. The van der Waals surface area contributed by atoms with Crippen LogP contribution in [0.5, 0.6) is 0 Å². The standard InChI is InChI=1S/C34H53NO7/c1-17-14-26-34(16-40-26,42-24(8)36)28-22(6)32(11)15-25(41-29(37)19(3)23(7)35-30(38)39-13)20(4)27(31(32,9)10)18(2)21(5)33(17,28)12/h17-19,22-23,25-26,28H,5,14-16H2,1-4,6-13H3,(H,35,38). The summed E-state index contributed by atoms with van der Waals surface area (Å²) in [5.41, 5.74) is 1.90. The van der Waals surface area contributed by atoms with Crippen LogP contribution in [-0.4, -0.2) is 55.6 Å². The lowest BCUT2D eigenvalue weighted by molar-refractivity contribution is -0.328. The molecule has 0 radical (unpaired) electrons. The van der Waals surface area contributed by atoms with Crippen LogP contribution >= 0.6 is 0 Å². The summed E-state index contributed by atoms with van der Waals surface area (Å²) in [5.74, 6) is -0.881. The molecule has 11 atom stereocenters. The zero-order valence-electron chi connectivity index (χ0n) is 27.8. The van der Waals surface area contributed by atoms with Gasteiger partial charge in [0, 0.05) is 18.9 Å². The van der Waals surface area contributed by atoms with E-state index in [0.29, 0.717) is 13.0 Å². The molecule has 1 aliphatic heterocycles. The molecule has 3 fully saturated rings. The van der Waals surface area contributed by atoms with Crippen LogP contribution < -0.4 is 5.32 Å². The summed E-state index contributed by atoms with van der Waals surface area (Å²) in [5, 5.41) is 2.69. The van der Waals surface area contributed by atoms with Crippen molar-refractivity contribution in [3.63, 3.8) is 0 Å². The van der Waals surface area contributed by atoms with E-state index in [0.717, 1.165) is 17.6 Å². The van der Waals surface area contributed by atoms with Gasteiger partial charge >= 0.3 is 18.0 Å². The molecule has 42 heavy (non-hydrogen) atoms. The molecule has 2 saturated carbocycles. The number of hydrogen-bond donors (Lipinski definition) is 1. The zero-order valence-corrected chi connectivity index (χ0v) is 27.8. The first-order valence-electron chi connectivity index (χ1n) is 15.6. The number of allylic oxidation sites excluding steroid dienone is 2. The number of methoxy groups -OCH3 is 1. The van der Waals surface area contributed by atoms with Crippen molar-refractivity contribution in [2.75, 3.05) is 13.7 Å². The number of carbonyl (C=O) groups excluding carboxylic acids is 3. The topological polar surface area (TPSA) is 100 Å². The predicted octanol–water partition coefficient (Wildman–Crippen LogP) is 6.24. The fourth-order valence-corrected chi connectivity index (χ4v) is 9.55. The van der Waals surface area contributed by atoms with E-state index < -0.39 is 29.8 Å². The smallest absolute Gasteiger partial charge is 0.407 e. The van der Waals surface area contributed by atoms with Crippen molar-refractivity contribution in [3.05, 3.63) is 23.3 Å². The monoisotopic (exact) mass is 587 g/mol. The van der Waals surface area contributed by atoms with Gasteiger partial charge in [0.1, 0.15) is 12.2 Å². The van der Waals surface area contributed by atoms with Gasteiger partial charge in [-0.05, 0) is 73.2 Å². The van der Waals surface area contributed by atoms with Gasteiger partial charge in [-0.1, -0.05) is 66.2 Å². The lowest BCUT2D eigenvalue weighted by atomic mass is 9.37. The van der Waals surface area contributed by atoms with Gasteiger partial charge in [-0.15, -0.1) is 0 Å². The second kappa shape index (κ2) is 10.7. The van der Waals surface area contributed by atoms with Crippen molar-refractivity contribution in [2.45, 2.75) is 113 Å². The molecule has 4 aliphatic rings. The fourth-order valence-electron chi connectivity index (χ4n) is 9.55. The highest BCUT2D eigenvalue weighted by atomic mass is 16.6. The maximum atomic E-state index is 13.5. The summed E-state index contributed by atoms with van der Waals surface area (Å²) in [6, 6.07) is -0.458. The van der Waals surface area contributed by atoms with Gasteiger partial charge in [-0.25, -0.2) is 4.79 Å². The van der Waals surface area contributed by atoms with Gasteiger partial charge in [0.25, 0.3) is 0 Å². The van der Waals surface area contributed by atoms with Gasteiger partial charge in [-0.2, -0.15) is 0 Å². The van der Waals surface area contributed by atoms with Crippen molar-refractivity contribution in [1.29, 1.82) is 0 Å². The number of nitrogens with one attached hydrogen (secondary N) is 1. The molecule has 8 heteroatoms. The molecule has 3 aliphatic carbocycles. The Labute approximate surface area is 252 Å². The fraction of sp³-hybridized carbons (Fsp3) is 0.794. The average Bonchev–Trinajstić information content (AvgIpc) is 2.90. The molecule has 1 saturated heterocycles. The Morgan fingerprint density at radius 2 is 1.71 bits per heavy atom. The highest BCUT2D eigenvalue weighted by molar-refractivity contribution is 5.75. The van der Waals surface area contributed by atoms with Gasteiger partial charge in [0.05, 0.1) is 19.6 Å². The van der Waals surface area contributed by atoms with E-state index in [4.69, 9.17) is 25.5 Å². The maximum Gasteiger partial charge on any atom is 0.407 e. The van der Waals surface area contributed by atoms with Gasteiger partial charge < -0.3 is 24.3 Å². The first-order chi connectivity index (χ1) is 19.3. The Balaban J connectivity index is 1.83. The van der Waals surface area contributed by atoms with Crippen LogP contribution in [-0.2, 0) is 28.5 Å². The first kappa shape index (κ1) is 32.6. The molecule has 1 amide bonds. The van der Waals surface area contributed by atoms with Crippen LogP contribution in [0.2, 0.25) is 0 Å². The number of alkyl carbamates (subject to hydrolysis) is 1. The zero-order chi connectivity index (χ0) is 31.7. The lowest BCUT2D eigenvalue weighted by Crippen LogP contribution is -2.75. The second-order valence-corrected chi connectivity index (χ2v) is 14.8. The third-order valence-corrected chi connectivity index (χ3v) is 12.8. The van der Waals surface area contributed by atoms with Crippen molar-refractivity contribution in [2.24, 2.45) is 45.8 Å². The van der Waals surface area contributed by atoms with Crippen molar-refractivity contribution < 1.29 is 33.3 Å². The molecule has 0 aromatic heterocycles. The minimum absolute atomic E-state index is 0.0209. The molecule has 0 aromatic rings. The van der Waals surface area contributed by atoms with E-state index >= 15 is 0 Å². The Kier molecular flexibility index (Phi) is 8.27. The summed E-state index contributed by atoms with van der Waals surface area (Å²) in [6.07, 6.45) is 0.285. The van der Waals surface area contributed by atoms with E-state index in [9.17, 15) is 14.4 Å². The van der Waals surface area contributed by atoms with E-state index in [2.05, 4.69) is 60.7 Å². The number of fused-ring (bicyclic) bond motifs is 5. The molecule has 1 heterocycles. The highest BCUT2D eigenvalue weighted by Gasteiger charge is 2.72. The van der Waals surface area contributed by atoms with E-state index in [1.54, 1.807) is 13.8 Å². The quantitative estimate of drug-likeness (QED) is 0.231. The third-order valence-electron chi connectivity index (χ3n) is 12.8. The minimum atomic E-state index is -0.725. The highest BCUT2D eigenvalue weighted by Crippen LogP contribution is 2.71. The van der Waals surface area contributed by atoms with Crippen LogP contribution in [0, 0.1) is 45.8 Å². The summed E-state index contributed by atoms with van der Waals surface area (Å²) in [7, 11) is 1.30. The van der Waals surface area contributed by atoms with Crippen LogP contribution in [0.4, 0.5) is 4.79 Å². The van der Waals surface area contributed by atoms with E-state index in [1.807, 2.05) is 0 Å². The minimum Gasteiger partial charge on any atom is -0.458 e. The van der Waals surface area contributed by atoms with E-state index in [1.165, 1.54) is 19.6 Å². The predicted molar refractivity (Wildman–Crippen MR) is 160 cm³/mol. The van der Waals surface area contributed by atoms with Crippen molar-refractivity contribution >= 4 is 18.0 Å². The van der Waals surface area contributed by atoms with Crippen molar-refractivity contribution in [3.8, 4) is 0 Å².